The van der Waals surface area contributed by atoms with Crippen LogP contribution in [0, 0.1) is 5.92 Å². The van der Waals surface area contributed by atoms with E-state index in [0.29, 0.717) is 12.5 Å². The molecule has 0 saturated heterocycles. The fourth-order valence-corrected chi connectivity index (χ4v) is 1.61. The van der Waals surface area contributed by atoms with E-state index in [1.165, 1.54) is 0 Å². The van der Waals surface area contributed by atoms with E-state index >= 15 is 0 Å². The van der Waals surface area contributed by atoms with Crippen LogP contribution in [0.3, 0.4) is 0 Å². The number of ether oxygens (including phenoxy) is 1. The van der Waals surface area contributed by atoms with E-state index in [0.717, 1.165) is 31.2 Å². The maximum atomic E-state index is 5.50. The van der Waals surface area contributed by atoms with Crippen molar-refractivity contribution in [3.63, 3.8) is 0 Å². The van der Waals surface area contributed by atoms with Gasteiger partial charge in [0.1, 0.15) is 11.6 Å². The van der Waals surface area contributed by atoms with Crippen molar-refractivity contribution in [2.24, 2.45) is 5.92 Å². The van der Waals surface area contributed by atoms with Crippen molar-refractivity contribution >= 4 is 11.6 Å². The molecule has 0 aliphatic carbocycles. The van der Waals surface area contributed by atoms with Gasteiger partial charge in [-0.1, -0.05) is 20.8 Å². The van der Waals surface area contributed by atoms with Crippen LogP contribution in [0.15, 0.2) is 12.4 Å². The van der Waals surface area contributed by atoms with E-state index in [9.17, 15) is 0 Å². The van der Waals surface area contributed by atoms with Crippen molar-refractivity contribution in [1.82, 2.24) is 9.97 Å². The third-order valence-electron chi connectivity index (χ3n) is 2.83. The van der Waals surface area contributed by atoms with Gasteiger partial charge in [0, 0.05) is 13.2 Å². The zero-order chi connectivity index (χ0) is 14.1. The topological polar surface area (TPSA) is 59.1 Å². The van der Waals surface area contributed by atoms with E-state index in [-0.39, 0.29) is 6.04 Å². The summed E-state index contributed by atoms with van der Waals surface area (Å²) in [5, 5.41) is 6.63. The average Bonchev–Trinajstić information content (AvgIpc) is 2.41. The number of nitrogens with zero attached hydrogens (tertiary/aromatic N) is 2. The molecule has 1 unspecified atom stereocenters. The molecule has 2 N–H and O–H groups in total. The number of anilines is 2. The van der Waals surface area contributed by atoms with Crippen LogP contribution in [0.25, 0.3) is 0 Å². The van der Waals surface area contributed by atoms with Gasteiger partial charge < -0.3 is 15.4 Å². The Hall–Kier alpha value is -1.36. The minimum Gasteiger partial charge on any atom is -0.380 e. The Labute approximate surface area is 116 Å². The number of hydrogen-bond acceptors (Lipinski definition) is 5. The first-order valence-electron chi connectivity index (χ1n) is 7.07. The molecule has 19 heavy (non-hydrogen) atoms. The molecule has 0 bridgehead atoms. The zero-order valence-electron chi connectivity index (χ0n) is 12.4. The van der Waals surface area contributed by atoms with E-state index in [2.05, 4.69) is 41.4 Å². The Morgan fingerprint density at radius 2 is 1.95 bits per heavy atom. The normalized spacial score (nSPS) is 12.5. The van der Waals surface area contributed by atoms with Gasteiger partial charge >= 0.3 is 0 Å². The highest BCUT2D eigenvalue weighted by molar-refractivity contribution is 5.42. The second-order valence-corrected chi connectivity index (χ2v) is 4.87. The Kier molecular flexibility index (Phi) is 7.18. The van der Waals surface area contributed by atoms with Crippen LogP contribution >= 0.6 is 0 Å². The van der Waals surface area contributed by atoms with Crippen LogP contribution in [-0.2, 0) is 4.74 Å². The maximum Gasteiger partial charge on any atom is 0.147 e. The first-order chi connectivity index (χ1) is 9.17. The third-order valence-corrected chi connectivity index (χ3v) is 2.83. The van der Waals surface area contributed by atoms with E-state index < -0.39 is 0 Å². The van der Waals surface area contributed by atoms with Gasteiger partial charge in [0.05, 0.1) is 25.0 Å². The van der Waals surface area contributed by atoms with Gasteiger partial charge in [0.2, 0.25) is 0 Å². The molecular weight excluding hydrogens is 240 g/mol. The molecule has 1 aromatic rings. The van der Waals surface area contributed by atoms with Crippen LogP contribution in [0.5, 0.6) is 0 Å². The summed E-state index contributed by atoms with van der Waals surface area (Å²) in [7, 11) is 0. The number of hydrogen-bond donors (Lipinski definition) is 2. The van der Waals surface area contributed by atoms with Crippen molar-refractivity contribution in [2.75, 3.05) is 30.4 Å². The van der Waals surface area contributed by atoms with E-state index in [1.807, 2.05) is 6.92 Å². The molecule has 1 atom stereocenters. The molecule has 0 aliphatic heterocycles. The largest absolute Gasteiger partial charge is 0.380 e. The molecule has 108 valence electrons. The summed E-state index contributed by atoms with van der Waals surface area (Å²) in [6.45, 7) is 10.8. The molecule has 0 amide bonds. The number of nitrogens with one attached hydrogen (secondary N) is 2. The minimum absolute atomic E-state index is 0.246. The molecule has 1 heterocycles. The van der Waals surface area contributed by atoms with Crippen molar-refractivity contribution in [3.05, 3.63) is 12.4 Å². The first-order valence-corrected chi connectivity index (χ1v) is 7.07. The Morgan fingerprint density at radius 3 is 2.58 bits per heavy atom. The second-order valence-electron chi connectivity index (χ2n) is 4.87. The van der Waals surface area contributed by atoms with Gasteiger partial charge in [-0.05, 0) is 19.3 Å². The van der Waals surface area contributed by atoms with Crippen molar-refractivity contribution in [3.8, 4) is 0 Å². The molecule has 0 radical (unpaired) electrons. The van der Waals surface area contributed by atoms with Gasteiger partial charge in [-0.3, -0.25) is 4.98 Å². The lowest BCUT2D eigenvalue weighted by molar-refractivity contribution is 0.126. The fourth-order valence-electron chi connectivity index (χ4n) is 1.61. The second kappa shape index (κ2) is 8.69. The van der Waals surface area contributed by atoms with Crippen LogP contribution < -0.4 is 10.6 Å². The number of rotatable bonds is 9. The summed E-state index contributed by atoms with van der Waals surface area (Å²) in [6.07, 6.45) is 4.56. The molecule has 5 heteroatoms. The number of aromatic nitrogens is 2. The summed E-state index contributed by atoms with van der Waals surface area (Å²) in [6, 6.07) is 0.246. The molecule has 1 aromatic heterocycles. The van der Waals surface area contributed by atoms with Gasteiger partial charge in [0.25, 0.3) is 0 Å². The van der Waals surface area contributed by atoms with Gasteiger partial charge in [0.15, 0.2) is 0 Å². The van der Waals surface area contributed by atoms with E-state index in [1.54, 1.807) is 12.4 Å². The molecule has 0 saturated carbocycles. The first kappa shape index (κ1) is 15.7. The zero-order valence-corrected chi connectivity index (χ0v) is 12.4. The van der Waals surface area contributed by atoms with Crippen LogP contribution in [0.4, 0.5) is 11.6 Å². The monoisotopic (exact) mass is 266 g/mol. The molecule has 1 rings (SSSR count). The smallest absolute Gasteiger partial charge is 0.147 e. The van der Waals surface area contributed by atoms with Crippen LogP contribution in [-0.4, -0.2) is 35.8 Å². The van der Waals surface area contributed by atoms with E-state index in [4.69, 9.17) is 4.74 Å². The highest BCUT2D eigenvalue weighted by Crippen LogP contribution is 2.12. The lowest BCUT2D eigenvalue weighted by Crippen LogP contribution is -2.31. The molecule has 5 nitrogen and oxygen atoms in total. The Bertz CT molecular complexity index is 357. The summed E-state index contributed by atoms with van der Waals surface area (Å²) in [5.41, 5.74) is 0. The van der Waals surface area contributed by atoms with Gasteiger partial charge in [-0.25, -0.2) is 4.98 Å². The Balaban J connectivity index is 2.62. The highest BCUT2D eigenvalue weighted by atomic mass is 16.5. The molecule has 0 fully saturated rings. The highest BCUT2D eigenvalue weighted by Gasteiger charge is 2.14. The lowest BCUT2D eigenvalue weighted by atomic mass is 10.1. The molecular formula is C14H26N4O. The predicted molar refractivity (Wildman–Crippen MR) is 79.6 cm³/mol. The standard InChI is InChI=1S/C14H26N4O/c1-5-7-16-13-8-15-9-14(18-13)17-12(11(3)4)10-19-6-2/h8-9,11-12H,5-7,10H2,1-4H3,(H2,16,17,18). The minimum atomic E-state index is 0.246. The average molecular weight is 266 g/mol. The van der Waals surface area contributed by atoms with Crippen molar-refractivity contribution in [1.29, 1.82) is 0 Å². The SMILES string of the molecule is CCCNc1cncc(NC(COCC)C(C)C)n1. The summed E-state index contributed by atoms with van der Waals surface area (Å²) in [4.78, 5) is 8.70. The summed E-state index contributed by atoms with van der Waals surface area (Å²) in [5.74, 6) is 2.07. The quantitative estimate of drug-likeness (QED) is 0.719. The summed E-state index contributed by atoms with van der Waals surface area (Å²) < 4.78 is 5.50. The maximum absolute atomic E-state index is 5.50. The van der Waals surface area contributed by atoms with Gasteiger partial charge in [-0.15, -0.1) is 0 Å². The molecule has 0 spiro atoms. The van der Waals surface area contributed by atoms with Crippen molar-refractivity contribution in [2.45, 2.75) is 40.2 Å². The lowest BCUT2D eigenvalue weighted by Gasteiger charge is -2.22. The molecule has 0 aliphatic rings. The fraction of sp³-hybridized carbons (Fsp3) is 0.714. The van der Waals surface area contributed by atoms with Crippen LogP contribution in [0.2, 0.25) is 0 Å². The van der Waals surface area contributed by atoms with Gasteiger partial charge in [-0.2, -0.15) is 0 Å². The summed E-state index contributed by atoms with van der Waals surface area (Å²) >= 11 is 0. The predicted octanol–water partition coefficient (Wildman–Crippen LogP) is 2.77. The molecule has 0 aromatic carbocycles. The van der Waals surface area contributed by atoms with Crippen molar-refractivity contribution < 1.29 is 4.74 Å². The third kappa shape index (κ3) is 5.87. The Morgan fingerprint density at radius 1 is 1.21 bits per heavy atom. The van der Waals surface area contributed by atoms with Crippen LogP contribution in [0.1, 0.15) is 34.1 Å².